The van der Waals surface area contributed by atoms with Gasteiger partial charge in [0.2, 0.25) is 0 Å². The van der Waals surface area contributed by atoms with Crippen LogP contribution >= 0.6 is 0 Å². The first-order chi connectivity index (χ1) is 7.24. The van der Waals surface area contributed by atoms with Crippen LogP contribution in [0.3, 0.4) is 0 Å². The van der Waals surface area contributed by atoms with Gasteiger partial charge in [-0.25, -0.2) is 0 Å². The summed E-state index contributed by atoms with van der Waals surface area (Å²) in [7, 11) is 2.13. The molecule has 0 bridgehead atoms. The molecule has 0 aliphatic carbocycles. The van der Waals surface area contributed by atoms with E-state index in [2.05, 4.69) is 61.0 Å². The van der Waals surface area contributed by atoms with Gasteiger partial charge in [-0.05, 0) is 25.0 Å². The fourth-order valence-corrected chi connectivity index (χ4v) is 2.04. The molecule has 0 aliphatic heterocycles. The zero-order valence-electron chi connectivity index (χ0n) is 9.70. The highest BCUT2D eigenvalue weighted by molar-refractivity contribution is 5.83. The van der Waals surface area contributed by atoms with Gasteiger partial charge >= 0.3 is 0 Å². The molecule has 0 unspecified atom stereocenters. The van der Waals surface area contributed by atoms with Gasteiger partial charge in [0.1, 0.15) is 0 Å². The van der Waals surface area contributed by atoms with E-state index in [1.165, 1.54) is 22.9 Å². The van der Waals surface area contributed by atoms with Crippen LogP contribution in [0.2, 0.25) is 0 Å². The van der Waals surface area contributed by atoms with Crippen LogP contribution in [0.1, 0.15) is 18.9 Å². The quantitative estimate of drug-likeness (QED) is 0.743. The minimum Gasteiger partial charge on any atom is -0.316 e. The summed E-state index contributed by atoms with van der Waals surface area (Å²) in [4.78, 5) is 0. The maximum Gasteiger partial charge on any atom is 0.0697 e. The number of para-hydroxylation sites is 1. The Bertz CT molecular complexity index is 457. The number of aromatic nitrogens is 1. The topological polar surface area (TPSA) is 8.17 Å². The van der Waals surface area contributed by atoms with Crippen LogP contribution in [0.4, 0.5) is 0 Å². The van der Waals surface area contributed by atoms with Crippen LogP contribution in [-0.4, -0.2) is 18.3 Å². The van der Waals surface area contributed by atoms with Gasteiger partial charge < -0.3 is 5.01 Å². The lowest BCUT2D eigenvalue weighted by molar-refractivity contribution is 0.657. The van der Waals surface area contributed by atoms with Gasteiger partial charge in [-0.1, -0.05) is 25.1 Å². The van der Waals surface area contributed by atoms with E-state index in [9.17, 15) is 0 Å². The first kappa shape index (κ1) is 10.1. The fraction of sp³-hybridized carbons (Fsp3) is 0.385. The molecule has 1 aromatic heterocycles. The van der Waals surface area contributed by atoms with Crippen molar-refractivity contribution in [3.05, 3.63) is 36.0 Å². The highest BCUT2D eigenvalue weighted by Gasteiger charge is 2.06. The summed E-state index contributed by atoms with van der Waals surface area (Å²) in [6, 6.07) is 8.55. The van der Waals surface area contributed by atoms with Crippen LogP contribution in [0.5, 0.6) is 0 Å². The van der Waals surface area contributed by atoms with Crippen molar-refractivity contribution in [3.8, 4) is 0 Å². The zero-order valence-corrected chi connectivity index (χ0v) is 9.70. The Labute approximate surface area is 91.1 Å². The molecule has 0 aliphatic rings. The van der Waals surface area contributed by atoms with Crippen molar-refractivity contribution in [2.75, 3.05) is 18.6 Å². The highest BCUT2D eigenvalue weighted by atomic mass is 15.5. The van der Waals surface area contributed by atoms with Crippen LogP contribution in [0.15, 0.2) is 30.5 Å². The Hall–Kier alpha value is -1.44. The molecular formula is C13H18N2. The molecule has 0 N–H and O–H groups in total. The molecule has 0 radical (unpaired) electrons. The van der Waals surface area contributed by atoms with Crippen molar-refractivity contribution in [2.24, 2.45) is 0 Å². The van der Waals surface area contributed by atoms with Crippen molar-refractivity contribution in [1.29, 1.82) is 0 Å². The summed E-state index contributed by atoms with van der Waals surface area (Å²) in [5.41, 5.74) is 2.64. The lowest BCUT2D eigenvalue weighted by Crippen LogP contribution is -2.29. The summed E-state index contributed by atoms with van der Waals surface area (Å²) >= 11 is 0. The Morgan fingerprint density at radius 1 is 1.27 bits per heavy atom. The fourth-order valence-electron chi connectivity index (χ4n) is 2.04. The first-order valence-electron chi connectivity index (χ1n) is 5.52. The minimum atomic E-state index is 1.08. The van der Waals surface area contributed by atoms with Gasteiger partial charge in [0, 0.05) is 25.2 Å². The van der Waals surface area contributed by atoms with Crippen LogP contribution in [0.25, 0.3) is 10.9 Å². The van der Waals surface area contributed by atoms with Crippen molar-refractivity contribution in [1.82, 2.24) is 4.68 Å². The molecule has 0 fully saturated rings. The predicted octanol–water partition coefficient (Wildman–Crippen LogP) is 2.93. The van der Waals surface area contributed by atoms with E-state index in [0.717, 1.165) is 6.54 Å². The Balaban J connectivity index is 2.52. The number of rotatable bonds is 3. The second-order valence-corrected chi connectivity index (χ2v) is 4.06. The molecule has 1 aromatic carbocycles. The molecule has 2 nitrogen and oxygen atoms in total. The summed E-state index contributed by atoms with van der Waals surface area (Å²) < 4.78 is 2.24. The van der Waals surface area contributed by atoms with Gasteiger partial charge in [-0.3, -0.25) is 4.68 Å². The van der Waals surface area contributed by atoms with E-state index < -0.39 is 0 Å². The van der Waals surface area contributed by atoms with E-state index in [1.807, 2.05) is 0 Å². The van der Waals surface area contributed by atoms with E-state index in [4.69, 9.17) is 0 Å². The smallest absolute Gasteiger partial charge is 0.0697 e. The molecule has 0 spiro atoms. The molecule has 2 rings (SSSR count). The Kier molecular flexibility index (Phi) is 2.67. The van der Waals surface area contributed by atoms with Crippen molar-refractivity contribution in [2.45, 2.75) is 20.3 Å². The van der Waals surface area contributed by atoms with Gasteiger partial charge in [0.25, 0.3) is 0 Å². The largest absolute Gasteiger partial charge is 0.316 e. The number of nitrogens with zero attached hydrogens (tertiary/aromatic N) is 2. The van der Waals surface area contributed by atoms with Gasteiger partial charge in [-0.2, -0.15) is 0 Å². The van der Waals surface area contributed by atoms with E-state index in [-0.39, 0.29) is 0 Å². The summed E-state index contributed by atoms with van der Waals surface area (Å²) in [5.74, 6) is 0. The average molecular weight is 202 g/mol. The summed E-state index contributed by atoms with van der Waals surface area (Å²) in [6.45, 7) is 5.45. The van der Waals surface area contributed by atoms with Crippen LogP contribution in [-0.2, 0) is 0 Å². The Morgan fingerprint density at radius 2 is 2.00 bits per heavy atom. The van der Waals surface area contributed by atoms with E-state index >= 15 is 0 Å². The monoisotopic (exact) mass is 202 g/mol. The molecule has 0 saturated carbocycles. The number of hydrogen-bond donors (Lipinski definition) is 0. The average Bonchev–Trinajstić information content (AvgIpc) is 2.58. The van der Waals surface area contributed by atoms with Crippen LogP contribution in [0, 0.1) is 6.92 Å². The third-order valence-electron chi connectivity index (χ3n) is 2.81. The van der Waals surface area contributed by atoms with Gasteiger partial charge in [0.15, 0.2) is 0 Å². The first-order valence-corrected chi connectivity index (χ1v) is 5.52. The predicted molar refractivity (Wildman–Crippen MR) is 66.0 cm³/mol. The van der Waals surface area contributed by atoms with E-state index in [0.29, 0.717) is 0 Å². The van der Waals surface area contributed by atoms with Gasteiger partial charge in [-0.15, -0.1) is 0 Å². The van der Waals surface area contributed by atoms with Crippen molar-refractivity contribution in [3.63, 3.8) is 0 Å². The molecule has 0 atom stereocenters. The van der Waals surface area contributed by atoms with Crippen LogP contribution < -0.4 is 5.01 Å². The number of aryl methyl sites for hydroxylation is 1. The summed E-state index contributed by atoms with van der Waals surface area (Å²) in [6.07, 6.45) is 3.38. The molecule has 1 heterocycles. The Morgan fingerprint density at radius 3 is 2.73 bits per heavy atom. The second kappa shape index (κ2) is 3.97. The standard InChI is InChI=1S/C13H18N2/c1-4-9-14(3)15-10-11(2)12-7-5-6-8-13(12)15/h5-8,10H,4,9H2,1-3H3. The SMILES string of the molecule is CCCN(C)n1cc(C)c2ccccc21. The maximum atomic E-state index is 2.26. The third-order valence-corrected chi connectivity index (χ3v) is 2.81. The molecule has 2 aromatic rings. The lowest BCUT2D eigenvalue weighted by atomic mass is 10.2. The van der Waals surface area contributed by atoms with Gasteiger partial charge in [0.05, 0.1) is 5.52 Å². The van der Waals surface area contributed by atoms with Crippen molar-refractivity contribution < 1.29 is 0 Å². The second-order valence-electron chi connectivity index (χ2n) is 4.06. The summed E-state index contributed by atoms with van der Waals surface area (Å²) in [5, 5.41) is 3.61. The molecule has 0 amide bonds. The number of hydrogen-bond acceptors (Lipinski definition) is 1. The number of fused-ring (bicyclic) bond motifs is 1. The molecule has 80 valence electrons. The maximum absolute atomic E-state index is 2.26. The molecule has 2 heteroatoms. The molecule has 0 saturated heterocycles. The van der Waals surface area contributed by atoms with E-state index in [1.54, 1.807) is 0 Å². The zero-order chi connectivity index (χ0) is 10.8. The molecule has 15 heavy (non-hydrogen) atoms. The molecular weight excluding hydrogens is 184 g/mol. The minimum absolute atomic E-state index is 1.08. The highest BCUT2D eigenvalue weighted by Crippen LogP contribution is 2.20. The number of benzene rings is 1. The van der Waals surface area contributed by atoms with Crippen molar-refractivity contribution >= 4 is 10.9 Å². The lowest BCUT2D eigenvalue weighted by Gasteiger charge is -2.21. The third kappa shape index (κ3) is 1.72. The normalized spacial score (nSPS) is 10.9.